The highest BCUT2D eigenvalue weighted by Crippen LogP contribution is 2.56. The highest BCUT2D eigenvalue weighted by molar-refractivity contribution is 5.69. The van der Waals surface area contributed by atoms with Crippen molar-refractivity contribution in [2.24, 2.45) is 0 Å². The summed E-state index contributed by atoms with van der Waals surface area (Å²) in [5.74, 6) is -31.0. The van der Waals surface area contributed by atoms with Crippen LogP contribution in [-0.2, 0) is 9.53 Å². The quantitative estimate of drug-likeness (QED) is 0.399. The molecule has 0 aliphatic heterocycles. The predicted octanol–water partition coefficient (Wildman–Crippen LogP) is 4.72. The standard InChI is InChI=1S/C11H9F13O2/c1-2-3(25)26-7(16)9(19,20)11(23,24)10(21,22)8(17,18)5(13)4(12)6(14)15/h4-7H,2H2,1H3. The van der Waals surface area contributed by atoms with Crippen molar-refractivity contribution in [3.8, 4) is 0 Å². The van der Waals surface area contributed by atoms with Crippen molar-refractivity contribution in [2.75, 3.05) is 0 Å². The number of hydrogen-bond donors (Lipinski definition) is 0. The summed E-state index contributed by atoms with van der Waals surface area (Å²) in [7, 11) is 0. The third-order valence-corrected chi connectivity index (χ3v) is 2.91. The number of halogens is 13. The van der Waals surface area contributed by atoms with Crippen molar-refractivity contribution in [3.63, 3.8) is 0 Å². The number of alkyl halides is 13. The van der Waals surface area contributed by atoms with Crippen LogP contribution >= 0.6 is 0 Å². The lowest BCUT2D eigenvalue weighted by Gasteiger charge is -2.38. The summed E-state index contributed by atoms with van der Waals surface area (Å²) < 4.78 is 170. The van der Waals surface area contributed by atoms with Gasteiger partial charge in [0.2, 0.25) is 6.17 Å². The maximum absolute atomic E-state index is 13.2. The fraction of sp³-hybridized carbons (Fsp3) is 0.909. The second-order valence-electron chi connectivity index (χ2n) is 4.73. The Balaban J connectivity index is 5.94. The van der Waals surface area contributed by atoms with Crippen molar-refractivity contribution in [3.05, 3.63) is 0 Å². The fourth-order valence-electron chi connectivity index (χ4n) is 1.33. The van der Waals surface area contributed by atoms with Crippen LogP contribution in [0.2, 0.25) is 0 Å². The van der Waals surface area contributed by atoms with Gasteiger partial charge in [-0.25, -0.2) is 17.6 Å². The number of esters is 1. The Kier molecular flexibility index (Phi) is 7.24. The molecule has 15 heteroatoms. The van der Waals surface area contributed by atoms with E-state index in [0.29, 0.717) is 0 Å². The highest BCUT2D eigenvalue weighted by Gasteiger charge is 2.85. The van der Waals surface area contributed by atoms with E-state index in [4.69, 9.17) is 0 Å². The molecular weight excluding hydrogens is 411 g/mol. The number of carbonyl (C=O) groups is 1. The zero-order valence-corrected chi connectivity index (χ0v) is 12.2. The van der Waals surface area contributed by atoms with Gasteiger partial charge in [0.05, 0.1) is 0 Å². The van der Waals surface area contributed by atoms with Crippen molar-refractivity contribution in [1.82, 2.24) is 0 Å². The van der Waals surface area contributed by atoms with Gasteiger partial charge >= 0.3 is 36.0 Å². The molecule has 0 aliphatic rings. The van der Waals surface area contributed by atoms with Gasteiger partial charge in [0.1, 0.15) is 0 Å². The van der Waals surface area contributed by atoms with Crippen molar-refractivity contribution in [1.29, 1.82) is 0 Å². The van der Waals surface area contributed by atoms with Crippen LogP contribution in [0.4, 0.5) is 57.1 Å². The van der Waals surface area contributed by atoms with Gasteiger partial charge in [-0.1, -0.05) is 6.92 Å². The van der Waals surface area contributed by atoms with E-state index in [1.54, 1.807) is 0 Å². The fourth-order valence-corrected chi connectivity index (χ4v) is 1.33. The van der Waals surface area contributed by atoms with Crippen molar-refractivity contribution >= 4 is 5.97 Å². The minimum atomic E-state index is -7.56. The predicted molar refractivity (Wildman–Crippen MR) is 56.9 cm³/mol. The Morgan fingerprint density at radius 2 is 1.19 bits per heavy atom. The van der Waals surface area contributed by atoms with Crippen LogP contribution in [0.15, 0.2) is 0 Å². The first kappa shape index (κ1) is 24.6. The molecule has 0 aromatic rings. The Hall–Kier alpha value is -1.44. The summed E-state index contributed by atoms with van der Waals surface area (Å²) in [6, 6.07) is 0. The molecule has 2 nitrogen and oxygen atoms in total. The summed E-state index contributed by atoms with van der Waals surface area (Å²) in [5.41, 5.74) is 0. The number of rotatable bonds is 9. The van der Waals surface area contributed by atoms with Crippen LogP contribution in [0.3, 0.4) is 0 Å². The molecule has 3 atom stereocenters. The second-order valence-corrected chi connectivity index (χ2v) is 4.73. The van der Waals surface area contributed by atoms with E-state index in [1.807, 2.05) is 0 Å². The molecule has 0 aromatic heterocycles. The smallest absolute Gasteiger partial charge is 0.385 e. The summed E-state index contributed by atoms with van der Waals surface area (Å²) in [4.78, 5) is 10.5. The normalized spacial score (nSPS) is 17.8. The van der Waals surface area contributed by atoms with Gasteiger partial charge in [0, 0.05) is 6.42 Å². The van der Waals surface area contributed by atoms with E-state index in [0.717, 1.165) is 6.92 Å². The molecule has 0 radical (unpaired) electrons. The molecule has 26 heavy (non-hydrogen) atoms. The van der Waals surface area contributed by atoms with Gasteiger partial charge in [-0.05, 0) is 0 Å². The van der Waals surface area contributed by atoms with Gasteiger partial charge in [-0.2, -0.15) is 39.5 Å². The zero-order valence-electron chi connectivity index (χ0n) is 12.2. The average molecular weight is 420 g/mol. The summed E-state index contributed by atoms with van der Waals surface area (Å²) >= 11 is 0. The van der Waals surface area contributed by atoms with Crippen molar-refractivity contribution in [2.45, 2.75) is 62.2 Å². The number of hydrogen-bond acceptors (Lipinski definition) is 2. The van der Waals surface area contributed by atoms with E-state index in [2.05, 4.69) is 4.74 Å². The first-order valence-electron chi connectivity index (χ1n) is 6.30. The SMILES string of the molecule is CCC(=O)OC(F)C(F)(F)C(F)(F)C(F)(F)C(F)(F)C(F)C(F)C(F)F. The molecule has 0 saturated heterocycles. The molecule has 0 heterocycles. The minimum Gasteiger partial charge on any atom is -0.424 e. The monoisotopic (exact) mass is 420 g/mol. The molecule has 0 amide bonds. The van der Waals surface area contributed by atoms with E-state index in [1.165, 1.54) is 0 Å². The molecule has 0 saturated carbocycles. The summed E-state index contributed by atoms with van der Waals surface area (Å²) in [5, 5.41) is 0. The van der Waals surface area contributed by atoms with Gasteiger partial charge < -0.3 is 4.74 Å². The van der Waals surface area contributed by atoms with Gasteiger partial charge in [0.15, 0.2) is 6.17 Å². The molecule has 156 valence electrons. The first-order chi connectivity index (χ1) is 11.4. The number of ether oxygens (including phenoxy) is 1. The lowest BCUT2D eigenvalue weighted by Crippen LogP contribution is -2.68. The molecule has 0 aromatic carbocycles. The van der Waals surface area contributed by atoms with Crippen LogP contribution in [0.5, 0.6) is 0 Å². The third kappa shape index (κ3) is 3.94. The van der Waals surface area contributed by atoms with Gasteiger partial charge in [-0.3, -0.25) is 4.79 Å². The maximum atomic E-state index is 13.2. The van der Waals surface area contributed by atoms with E-state index < -0.39 is 61.2 Å². The molecule has 0 rings (SSSR count). The van der Waals surface area contributed by atoms with Crippen molar-refractivity contribution < 1.29 is 66.6 Å². The molecule has 0 spiro atoms. The molecule has 3 unspecified atom stereocenters. The lowest BCUT2D eigenvalue weighted by atomic mass is 9.93. The van der Waals surface area contributed by atoms with Crippen LogP contribution in [0.25, 0.3) is 0 Å². The molecule has 0 N–H and O–H groups in total. The Morgan fingerprint density at radius 1 is 0.808 bits per heavy atom. The highest BCUT2D eigenvalue weighted by atomic mass is 19.4. The first-order valence-corrected chi connectivity index (χ1v) is 6.30. The Morgan fingerprint density at radius 3 is 1.54 bits per heavy atom. The topological polar surface area (TPSA) is 26.3 Å². The zero-order chi connectivity index (χ0) is 21.3. The molecular formula is C11H9F13O2. The van der Waals surface area contributed by atoms with Crippen LogP contribution < -0.4 is 0 Å². The van der Waals surface area contributed by atoms with Crippen LogP contribution in [0, 0.1) is 0 Å². The van der Waals surface area contributed by atoms with E-state index >= 15 is 0 Å². The Bertz CT molecular complexity index is 492. The van der Waals surface area contributed by atoms with Gasteiger partial charge in [-0.15, -0.1) is 0 Å². The molecule has 0 aliphatic carbocycles. The van der Waals surface area contributed by atoms with Crippen LogP contribution in [-0.4, -0.2) is 54.8 Å². The number of carbonyl (C=O) groups excluding carboxylic acids is 1. The molecule has 0 fully saturated rings. The van der Waals surface area contributed by atoms with Crippen LogP contribution in [0.1, 0.15) is 13.3 Å². The van der Waals surface area contributed by atoms with E-state index in [9.17, 15) is 61.9 Å². The lowest BCUT2D eigenvalue weighted by molar-refractivity contribution is -0.399. The second kappa shape index (κ2) is 7.66. The maximum Gasteiger partial charge on any atom is 0.385 e. The molecule has 0 bridgehead atoms. The summed E-state index contributed by atoms with van der Waals surface area (Å²) in [6.07, 6.45) is -20.6. The average Bonchev–Trinajstić information content (AvgIpc) is 2.51. The van der Waals surface area contributed by atoms with E-state index in [-0.39, 0.29) is 0 Å². The largest absolute Gasteiger partial charge is 0.424 e. The third-order valence-electron chi connectivity index (χ3n) is 2.91. The van der Waals surface area contributed by atoms with Gasteiger partial charge in [0.25, 0.3) is 6.43 Å². The summed E-state index contributed by atoms with van der Waals surface area (Å²) in [6.45, 7) is 0.827. The minimum absolute atomic E-state index is 0.827. The Labute approximate surface area is 136 Å².